The Labute approximate surface area is 184 Å². The van der Waals surface area contributed by atoms with Crippen LogP contribution in [0.2, 0.25) is 0 Å². The summed E-state index contributed by atoms with van der Waals surface area (Å²) in [6, 6.07) is 19.6. The van der Waals surface area contributed by atoms with Gasteiger partial charge in [-0.05, 0) is 66.2 Å². The highest BCUT2D eigenvalue weighted by molar-refractivity contribution is 7.97. The van der Waals surface area contributed by atoms with E-state index in [1.807, 2.05) is 42.5 Å². The SMILES string of the molecule is CN1Sc2ccccc2C(O)=C1C(=O)Nc1ccccc1CCc1ccc(O)c(O)c1. The number of benzene rings is 3. The van der Waals surface area contributed by atoms with E-state index >= 15 is 0 Å². The number of anilines is 1. The first-order valence-electron chi connectivity index (χ1n) is 9.78. The maximum absolute atomic E-state index is 13.1. The van der Waals surface area contributed by atoms with Gasteiger partial charge in [0.2, 0.25) is 0 Å². The quantitative estimate of drug-likeness (QED) is 0.344. The number of aromatic hydroxyl groups is 2. The molecule has 0 saturated carbocycles. The third-order valence-corrected chi connectivity index (χ3v) is 6.13. The van der Waals surface area contributed by atoms with E-state index in [9.17, 15) is 20.1 Å². The summed E-state index contributed by atoms with van der Waals surface area (Å²) >= 11 is 1.39. The molecule has 0 fully saturated rings. The number of nitrogens with zero attached hydrogens (tertiary/aromatic N) is 1. The third kappa shape index (κ3) is 4.32. The van der Waals surface area contributed by atoms with E-state index in [2.05, 4.69) is 5.32 Å². The lowest BCUT2D eigenvalue weighted by atomic mass is 10.0. The van der Waals surface area contributed by atoms with Gasteiger partial charge in [-0.15, -0.1) is 0 Å². The topological polar surface area (TPSA) is 93.0 Å². The summed E-state index contributed by atoms with van der Waals surface area (Å²) in [4.78, 5) is 13.9. The van der Waals surface area contributed by atoms with E-state index in [-0.39, 0.29) is 23.0 Å². The zero-order valence-corrected chi connectivity index (χ0v) is 17.7. The number of likely N-dealkylation sites (N-methyl/N-ethyl adjacent to an activating group) is 1. The fraction of sp³-hybridized carbons (Fsp3) is 0.125. The largest absolute Gasteiger partial charge is 0.505 e. The molecule has 4 N–H and O–H groups in total. The molecule has 3 aromatic rings. The molecule has 0 radical (unpaired) electrons. The van der Waals surface area contributed by atoms with Crippen LogP contribution in [-0.4, -0.2) is 32.6 Å². The maximum atomic E-state index is 13.1. The van der Waals surface area contributed by atoms with Gasteiger partial charge in [-0.25, -0.2) is 0 Å². The standard InChI is InChI=1S/C24H22N2O4S/c1-26-22(23(29)17-7-3-5-9-21(17)31-26)24(30)25-18-8-4-2-6-16(18)12-10-15-11-13-19(27)20(28)14-15/h2-9,11,13-14,27-29H,10,12H2,1H3,(H,25,30). The molecular formula is C24H22N2O4S. The molecule has 6 nitrogen and oxygen atoms in total. The number of rotatable bonds is 5. The van der Waals surface area contributed by atoms with Gasteiger partial charge in [-0.1, -0.05) is 36.4 Å². The number of aliphatic hydroxyl groups excluding tert-OH is 1. The molecule has 158 valence electrons. The number of hydrogen-bond acceptors (Lipinski definition) is 6. The van der Waals surface area contributed by atoms with E-state index in [1.165, 1.54) is 24.1 Å². The molecule has 3 aromatic carbocycles. The average Bonchev–Trinajstić information content (AvgIpc) is 2.75. The Hall–Kier alpha value is -3.58. The zero-order chi connectivity index (χ0) is 22.0. The van der Waals surface area contributed by atoms with E-state index < -0.39 is 5.91 Å². The van der Waals surface area contributed by atoms with Gasteiger partial charge in [-0.3, -0.25) is 4.79 Å². The summed E-state index contributed by atoms with van der Waals surface area (Å²) in [5, 5.41) is 32.8. The number of phenols is 2. The van der Waals surface area contributed by atoms with Crippen LogP contribution in [0.3, 0.4) is 0 Å². The van der Waals surface area contributed by atoms with Crippen LogP contribution in [0, 0.1) is 0 Å². The third-order valence-electron chi connectivity index (χ3n) is 5.12. The molecule has 1 amide bonds. The highest BCUT2D eigenvalue weighted by atomic mass is 32.2. The fourth-order valence-electron chi connectivity index (χ4n) is 3.51. The number of carbonyl (C=O) groups is 1. The molecule has 0 saturated heterocycles. The average molecular weight is 435 g/mol. The van der Waals surface area contributed by atoms with Crippen molar-refractivity contribution in [2.75, 3.05) is 12.4 Å². The minimum atomic E-state index is -0.392. The lowest BCUT2D eigenvalue weighted by Crippen LogP contribution is -2.27. The van der Waals surface area contributed by atoms with Crippen molar-refractivity contribution in [2.45, 2.75) is 17.7 Å². The Morgan fingerprint density at radius 3 is 2.48 bits per heavy atom. The van der Waals surface area contributed by atoms with Crippen molar-refractivity contribution in [3.63, 3.8) is 0 Å². The van der Waals surface area contributed by atoms with Crippen LogP contribution in [-0.2, 0) is 17.6 Å². The number of para-hydroxylation sites is 1. The van der Waals surface area contributed by atoms with Crippen molar-refractivity contribution in [1.29, 1.82) is 0 Å². The first-order valence-corrected chi connectivity index (χ1v) is 10.6. The van der Waals surface area contributed by atoms with Crippen LogP contribution in [0.5, 0.6) is 11.5 Å². The second-order valence-electron chi connectivity index (χ2n) is 7.22. The summed E-state index contributed by atoms with van der Waals surface area (Å²) in [7, 11) is 1.74. The summed E-state index contributed by atoms with van der Waals surface area (Å²) in [6.45, 7) is 0. The van der Waals surface area contributed by atoms with E-state index in [1.54, 1.807) is 23.5 Å². The predicted octanol–water partition coefficient (Wildman–Crippen LogP) is 4.70. The lowest BCUT2D eigenvalue weighted by molar-refractivity contribution is -0.113. The number of fused-ring (bicyclic) bond motifs is 1. The van der Waals surface area contributed by atoms with Crippen molar-refractivity contribution in [3.8, 4) is 11.5 Å². The van der Waals surface area contributed by atoms with Gasteiger partial charge in [0, 0.05) is 23.2 Å². The number of aryl methyl sites for hydroxylation is 2. The van der Waals surface area contributed by atoms with E-state index in [0.29, 0.717) is 24.1 Å². The molecule has 0 spiro atoms. The summed E-state index contributed by atoms with van der Waals surface area (Å²) < 4.78 is 1.66. The van der Waals surface area contributed by atoms with Crippen LogP contribution in [0.1, 0.15) is 16.7 Å². The first kappa shape index (κ1) is 20.7. The molecule has 1 aliphatic heterocycles. The monoisotopic (exact) mass is 434 g/mol. The van der Waals surface area contributed by atoms with Crippen LogP contribution in [0.4, 0.5) is 5.69 Å². The normalized spacial score (nSPS) is 13.1. The van der Waals surface area contributed by atoms with Crippen LogP contribution >= 0.6 is 11.9 Å². The molecule has 31 heavy (non-hydrogen) atoms. The van der Waals surface area contributed by atoms with Crippen molar-refractivity contribution in [1.82, 2.24) is 4.31 Å². The highest BCUT2D eigenvalue weighted by Crippen LogP contribution is 2.39. The van der Waals surface area contributed by atoms with E-state index in [4.69, 9.17) is 0 Å². The molecule has 0 aromatic heterocycles. The number of carbonyl (C=O) groups excluding carboxylic acids is 1. The molecule has 0 aliphatic carbocycles. The highest BCUT2D eigenvalue weighted by Gasteiger charge is 2.28. The zero-order valence-electron chi connectivity index (χ0n) is 16.9. The second kappa shape index (κ2) is 8.65. The summed E-state index contributed by atoms with van der Waals surface area (Å²) in [6.07, 6.45) is 1.25. The number of aliphatic hydroxyl groups is 1. The number of amides is 1. The maximum Gasteiger partial charge on any atom is 0.276 e. The van der Waals surface area contributed by atoms with Crippen LogP contribution in [0.15, 0.2) is 77.3 Å². The van der Waals surface area contributed by atoms with Gasteiger partial charge in [0.05, 0.1) is 0 Å². The number of phenolic OH excluding ortho intramolecular Hbond substituents is 2. The van der Waals surface area contributed by atoms with Crippen LogP contribution in [0.25, 0.3) is 5.76 Å². The summed E-state index contributed by atoms with van der Waals surface area (Å²) in [5.41, 5.74) is 3.29. The Morgan fingerprint density at radius 2 is 1.68 bits per heavy atom. The predicted molar refractivity (Wildman–Crippen MR) is 122 cm³/mol. The Bertz CT molecular complexity index is 1180. The first-order chi connectivity index (χ1) is 14.9. The van der Waals surface area contributed by atoms with Crippen molar-refractivity contribution in [2.24, 2.45) is 0 Å². The van der Waals surface area contributed by atoms with Crippen molar-refractivity contribution >= 4 is 29.3 Å². The number of nitrogens with one attached hydrogen (secondary N) is 1. The van der Waals surface area contributed by atoms with Gasteiger partial charge in [-0.2, -0.15) is 0 Å². The molecular weight excluding hydrogens is 412 g/mol. The molecule has 1 aliphatic rings. The molecule has 4 rings (SSSR count). The molecule has 7 heteroatoms. The Morgan fingerprint density at radius 1 is 0.935 bits per heavy atom. The van der Waals surface area contributed by atoms with Gasteiger partial charge >= 0.3 is 0 Å². The van der Waals surface area contributed by atoms with Gasteiger partial charge in [0.1, 0.15) is 0 Å². The minimum absolute atomic E-state index is 0.0496. The molecule has 0 unspecified atom stereocenters. The fourth-order valence-corrected chi connectivity index (χ4v) is 4.47. The van der Waals surface area contributed by atoms with Gasteiger partial charge < -0.3 is 24.9 Å². The Kier molecular flexibility index (Phi) is 5.77. The van der Waals surface area contributed by atoms with Gasteiger partial charge in [0.15, 0.2) is 23.0 Å². The lowest BCUT2D eigenvalue weighted by Gasteiger charge is -2.27. The second-order valence-corrected chi connectivity index (χ2v) is 8.39. The van der Waals surface area contributed by atoms with Crippen molar-refractivity contribution < 1.29 is 20.1 Å². The molecule has 1 heterocycles. The van der Waals surface area contributed by atoms with Gasteiger partial charge in [0.25, 0.3) is 5.91 Å². The minimum Gasteiger partial charge on any atom is -0.505 e. The smallest absolute Gasteiger partial charge is 0.276 e. The molecule has 0 atom stereocenters. The Balaban J connectivity index is 1.55. The van der Waals surface area contributed by atoms with Crippen LogP contribution < -0.4 is 5.32 Å². The van der Waals surface area contributed by atoms with Crippen molar-refractivity contribution in [3.05, 3.63) is 89.1 Å². The molecule has 0 bridgehead atoms. The van der Waals surface area contributed by atoms with E-state index in [0.717, 1.165) is 16.0 Å². The number of hydrogen-bond donors (Lipinski definition) is 4. The summed E-state index contributed by atoms with van der Waals surface area (Å²) in [5.74, 6) is -0.747.